The van der Waals surface area contributed by atoms with Crippen molar-refractivity contribution in [2.75, 3.05) is 0 Å². The zero-order valence-corrected chi connectivity index (χ0v) is 6.74. The highest BCUT2D eigenvalue weighted by molar-refractivity contribution is 5.08. The Labute approximate surface area is 69.2 Å². The summed E-state index contributed by atoms with van der Waals surface area (Å²) in [6.45, 7) is 1.41. The van der Waals surface area contributed by atoms with Crippen LogP contribution in [-0.4, -0.2) is 16.2 Å². The molecule has 0 aromatic carbocycles. The molecule has 3 nitrogen and oxygen atoms in total. The molecule has 2 N–H and O–H groups in total. The monoisotopic (exact) mass is 175 g/mol. The highest BCUT2D eigenvalue weighted by atomic mass is 19.3. The first kappa shape index (κ1) is 9.12. The Balaban J connectivity index is 2.64. The van der Waals surface area contributed by atoms with Crippen LogP contribution < -0.4 is 5.73 Å². The van der Waals surface area contributed by atoms with Gasteiger partial charge in [0, 0.05) is 17.8 Å². The quantitative estimate of drug-likeness (QED) is 0.749. The van der Waals surface area contributed by atoms with Gasteiger partial charge in [-0.1, -0.05) is 0 Å². The summed E-state index contributed by atoms with van der Waals surface area (Å²) in [7, 11) is 0. The molecule has 1 rings (SSSR count). The smallest absolute Gasteiger partial charge is 0.257 e. The minimum absolute atomic E-state index is 0.156. The molecule has 0 spiro atoms. The van der Waals surface area contributed by atoms with Crippen LogP contribution >= 0.6 is 0 Å². The van der Waals surface area contributed by atoms with Gasteiger partial charge in [0.1, 0.15) is 6.54 Å². The number of nitrogens with two attached hydrogens (primary N) is 1. The average molecular weight is 175 g/mol. The molecule has 0 radical (unpaired) electrons. The zero-order chi connectivity index (χ0) is 9.14. The SMILES string of the molecule is C[C@@H](N)c1cnn(CC(F)F)c1. The fraction of sp³-hybridized carbons (Fsp3) is 0.571. The van der Waals surface area contributed by atoms with Crippen molar-refractivity contribution in [1.82, 2.24) is 9.78 Å². The normalized spacial score (nSPS) is 13.8. The number of hydrogen-bond acceptors (Lipinski definition) is 2. The topological polar surface area (TPSA) is 43.8 Å². The van der Waals surface area contributed by atoms with Gasteiger partial charge in [-0.2, -0.15) is 5.10 Å². The molecule has 5 heteroatoms. The fourth-order valence-corrected chi connectivity index (χ4v) is 0.856. The third-order valence-electron chi connectivity index (χ3n) is 1.50. The van der Waals surface area contributed by atoms with Gasteiger partial charge in [0.2, 0.25) is 0 Å². The standard InChI is InChI=1S/C7H11F2N3/c1-5(10)6-2-11-12(3-6)4-7(8)9/h2-3,5,7H,4,10H2,1H3/t5-/m1/s1. The van der Waals surface area contributed by atoms with E-state index in [0.717, 1.165) is 5.56 Å². The van der Waals surface area contributed by atoms with Crippen molar-refractivity contribution < 1.29 is 8.78 Å². The zero-order valence-electron chi connectivity index (χ0n) is 6.74. The molecule has 1 heterocycles. The molecule has 1 aromatic heterocycles. The van der Waals surface area contributed by atoms with Gasteiger partial charge in [-0.25, -0.2) is 8.78 Å². The second-order valence-corrected chi connectivity index (χ2v) is 2.68. The van der Waals surface area contributed by atoms with Crippen molar-refractivity contribution in [3.05, 3.63) is 18.0 Å². The van der Waals surface area contributed by atoms with Crippen LogP contribution in [0.3, 0.4) is 0 Å². The fourth-order valence-electron chi connectivity index (χ4n) is 0.856. The van der Waals surface area contributed by atoms with Gasteiger partial charge in [-0.15, -0.1) is 0 Å². The van der Waals surface area contributed by atoms with Crippen LogP contribution in [0.25, 0.3) is 0 Å². The molecule has 0 saturated heterocycles. The molecule has 0 aliphatic carbocycles. The first-order valence-corrected chi connectivity index (χ1v) is 3.65. The third-order valence-corrected chi connectivity index (χ3v) is 1.50. The van der Waals surface area contributed by atoms with Crippen molar-refractivity contribution in [1.29, 1.82) is 0 Å². The maximum atomic E-state index is 11.8. The summed E-state index contributed by atoms with van der Waals surface area (Å²) >= 11 is 0. The maximum absolute atomic E-state index is 11.8. The molecule has 1 aromatic rings. The Hall–Kier alpha value is -0.970. The van der Waals surface area contributed by atoms with E-state index in [9.17, 15) is 8.78 Å². The highest BCUT2D eigenvalue weighted by Crippen LogP contribution is 2.08. The van der Waals surface area contributed by atoms with Gasteiger partial charge in [0.15, 0.2) is 0 Å². The third kappa shape index (κ3) is 2.27. The number of alkyl halides is 2. The van der Waals surface area contributed by atoms with Crippen LogP contribution in [0.15, 0.2) is 12.4 Å². The maximum Gasteiger partial charge on any atom is 0.257 e. The van der Waals surface area contributed by atoms with Gasteiger partial charge in [0.05, 0.1) is 6.20 Å². The van der Waals surface area contributed by atoms with Crippen LogP contribution in [0.1, 0.15) is 18.5 Å². The molecule has 0 aliphatic rings. The molecule has 0 saturated carbocycles. The van der Waals surface area contributed by atoms with Crippen LogP contribution in [0.2, 0.25) is 0 Å². The summed E-state index contributed by atoms with van der Waals surface area (Å²) in [5, 5.41) is 3.73. The van der Waals surface area contributed by atoms with Gasteiger partial charge >= 0.3 is 0 Å². The second-order valence-electron chi connectivity index (χ2n) is 2.68. The summed E-state index contributed by atoms with van der Waals surface area (Å²) in [6.07, 6.45) is 0.676. The first-order chi connectivity index (χ1) is 5.59. The Morgan fingerprint density at radius 1 is 1.67 bits per heavy atom. The van der Waals surface area contributed by atoms with E-state index < -0.39 is 6.43 Å². The first-order valence-electron chi connectivity index (χ1n) is 3.65. The molecular formula is C7H11F2N3. The van der Waals surface area contributed by atoms with Crippen molar-refractivity contribution >= 4 is 0 Å². The number of rotatable bonds is 3. The molecule has 0 amide bonds. The average Bonchev–Trinajstić information content (AvgIpc) is 2.34. The van der Waals surface area contributed by atoms with E-state index in [1.165, 1.54) is 17.1 Å². The van der Waals surface area contributed by atoms with Crippen molar-refractivity contribution in [2.24, 2.45) is 5.73 Å². The lowest BCUT2D eigenvalue weighted by atomic mass is 10.2. The van der Waals surface area contributed by atoms with Crippen molar-refractivity contribution in [2.45, 2.75) is 25.9 Å². The van der Waals surface area contributed by atoms with E-state index in [1.54, 1.807) is 6.92 Å². The molecule has 0 bridgehead atoms. The van der Waals surface area contributed by atoms with E-state index in [2.05, 4.69) is 5.10 Å². The van der Waals surface area contributed by atoms with Gasteiger partial charge < -0.3 is 5.73 Å². The van der Waals surface area contributed by atoms with Crippen molar-refractivity contribution in [3.8, 4) is 0 Å². The lowest BCUT2D eigenvalue weighted by Crippen LogP contribution is -2.07. The van der Waals surface area contributed by atoms with E-state index >= 15 is 0 Å². The Kier molecular flexibility index (Phi) is 2.75. The summed E-state index contributed by atoms with van der Waals surface area (Å²) < 4.78 is 24.9. The van der Waals surface area contributed by atoms with Crippen molar-refractivity contribution in [3.63, 3.8) is 0 Å². The van der Waals surface area contributed by atoms with Gasteiger partial charge in [-0.3, -0.25) is 4.68 Å². The Morgan fingerprint density at radius 3 is 2.75 bits per heavy atom. The lowest BCUT2D eigenvalue weighted by molar-refractivity contribution is 0.122. The molecule has 1 atom stereocenters. The van der Waals surface area contributed by atoms with Crippen LogP contribution in [-0.2, 0) is 6.54 Å². The molecular weight excluding hydrogens is 164 g/mol. The number of halogens is 2. The second kappa shape index (κ2) is 3.62. The minimum atomic E-state index is -2.37. The summed E-state index contributed by atoms with van der Waals surface area (Å²) in [6, 6.07) is -0.156. The Bertz CT molecular complexity index is 245. The van der Waals surface area contributed by atoms with Gasteiger partial charge in [0.25, 0.3) is 6.43 Å². The van der Waals surface area contributed by atoms with E-state index in [1.807, 2.05) is 0 Å². The summed E-state index contributed by atoms with van der Waals surface area (Å²) in [4.78, 5) is 0. The van der Waals surface area contributed by atoms with E-state index in [-0.39, 0.29) is 12.6 Å². The predicted octanol–water partition coefficient (Wildman–Crippen LogP) is 1.17. The molecule has 0 fully saturated rings. The molecule has 12 heavy (non-hydrogen) atoms. The number of aromatic nitrogens is 2. The lowest BCUT2D eigenvalue weighted by Gasteiger charge is -1.99. The van der Waals surface area contributed by atoms with Crippen LogP contribution in [0, 0.1) is 0 Å². The predicted molar refractivity (Wildman–Crippen MR) is 40.8 cm³/mol. The van der Waals surface area contributed by atoms with Gasteiger partial charge in [-0.05, 0) is 6.92 Å². The summed E-state index contributed by atoms with van der Waals surface area (Å²) in [5.41, 5.74) is 6.29. The molecule has 0 unspecified atom stereocenters. The van der Waals surface area contributed by atoms with E-state index in [4.69, 9.17) is 5.73 Å². The van der Waals surface area contributed by atoms with Crippen LogP contribution in [0.4, 0.5) is 8.78 Å². The summed E-state index contributed by atoms with van der Waals surface area (Å²) in [5.74, 6) is 0. The highest BCUT2D eigenvalue weighted by Gasteiger charge is 2.07. The Morgan fingerprint density at radius 2 is 2.33 bits per heavy atom. The number of hydrogen-bond donors (Lipinski definition) is 1. The largest absolute Gasteiger partial charge is 0.324 e. The van der Waals surface area contributed by atoms with E-state index in [0.29, 0.717) is 0 Å². The van der Waals surface area contributed by atoms with Crippen LogP contribution in [0.5, 0.6) is 0 Å². The molecule has 0 aliphatic heterocycles. The molecule has 68 valence electrons. The number of nitrogens with zero attached hydrogens (tertiary/aromatic N) is 2. The minimum Gasteiger partial charge on any atom is -0.324 e.